The molecule has 2 aromatic rings. The Kier molecular flexibility index (Phi) is 4.72. The van der Waals surface area contributed by atoms with Gasteiger partial charge in [0.1, 0.15) is 0 Å². The van der Waals surface area contributed by atoms with Gasteiger partial charge in [-0.1, -0.05) is 0 Å². The molecule has 0 spiro atoms. The highest BCUT2D eigenvalue weighted by molar-refractivity contribution is 5.85. The SMILES string of the molecule is Cc1nn(C(F)F)cc1NCc1cccn1C.Cl. The van der Waals surface area contributed by atoms with Crippen LogP contribution in [0.25, 0.3) is 0 Å². The van der Waals surface area contributed by atoms with Crippen molar-refractivity contribution in [3.8, 4) is 0 Å². The lowest BCUT2D eigenvalue weighted by molar-refractivity contribution is 0.0563. The lowest BCUT2D eigenvalue weighted by Gasteiger charge is -2.05. The predicted molar refractivity (Wildman–Crippen MR) is 68.2 cm³/mol. The van der Waals surface area contributed by atoms with E-state index in [1.165, 1.54) is 6.20 Å². The summed E-state index contributed by atoms with van der Waals surface area (Å²) in [4.78, 5) is 0. The van der Waals surface area contributed by atoms with Gasteiger partial charge in [-0.15, -0.1) is 12.4 Å². The molecule has 18 heavy (non-hydrogen) atoms. The number of alkyl halides is 2. The number of rotatable bonds is 4. The summed E-state index contributed by atoms with van der Waals surface area (Å²) in [5.74, 6) is 0. The summed E-state index contributed by atoms with van der Waals surface area (Å²) in [6, 6.07) is 3.91. The Morgan fingerprint density at radius 1 is 1.44 bits per heavy atom. The second-order valence-electron chi connectivity index (χ2n) is 3.85. The molecule has 0 radical (unpaired) electrons. The van der Waals surface area contributed by atoms with Gasteiger partial charge in [0.25, 0.3) is 0 Å². The van der Waals surface area contributed by atoms with Crippen molar-refractivity contribution in [1.29, 1.82) is 0 Å². The zero-order chi connectivity index (χ0) is 12.4. The zero-order valence-corrected chi connectivity index (χ0v) is 10.9. The maximum atomic E-state index is 12.4. The molecule has 2 aromatic heterocycles. The van der Waals surface area contributed by atoms with Crippen molar-refractivity contribution in [3.05, 3.63) is 35.9 Å². The van der Waals surface area contributed by atoms with Crippen LogP contribution in [-0.2, 0) is 13.6 Å². The van der Waals surface area contributed by atoms with Gasteiger partial charge >= 0.3 is 6.55 Å². The summed E-state index contributed by atoms with van der Waals surface area (Å²) in [5, 5.41) is 6.82. The van der Waals surface area contributed by atoms with Crippen LogP contribution in [0.2, 0.25) is 0 Å². The number of halogens is 3. The van der Waals surface area contributed by atoms with E-state index in [0.29, 0.717) is 22.6 Å². The van der Waals surface area contributed by atoms with E-state index in [2.05, 4.69) is 10.4 Å². The first-order valence-corrected chi connectivity index (χ1v) is 5.26. The van der Waals surface area contributed by atoms with Crippen molar-refractivity contribution >= 4 is 18.1 Å². The molecule has 0 aliphatic rings. The Hall–Kier alpha value is -1.56. The van der Waals surface area contributed by atoms with Gasteiger partial charge in [0.2, 0.25) is 0 Å². The molecule has 0 fully saturated rings. The third-order valence-corrected chi connectivity index (χ3v) is 2.63. The van der Waals surface area contributed by atoms with E-state index >= 15 is 0 Å². The van der Waals surface area contributed by atoms with Gasteiger partial charge in [0, 0.05) is 18.9 Å². The first kappa shape index (κ1) is 14.5. The number of hydrogen-bond donors (Lipinski definition) is 1. The second kappa shape index (κ2) is 5.86. The third kappa shape index (κ3) is 3.01. The quantitative estimate of drug-likeness (QED) is 0.932. The van der Waals surface area contributed by atoms with Crippen LogP contribution in [0.1, 0.15) is 17.9 Å². The molecule has 4 nitrogen and oxygen atoms in total. The Bertz CT molecular complexity index is 507. The summed E-state index contributed by atoms with van der Waals surface area (Å²) in [7, 11) is 1.94. The molecule has 0 aliphatic heterocycles. The maximum absolute atomic E-state index is 12.4. The van der Waals surface area contributed by atoms with E-state index in [0.717, 1.165) is 5.69 Å². The van der Waals surface area contributed by atoms with Crippen LogP contribution < -0.4 is 5.32 Å². The van der Waals surface area contributed by atoms with Crippen molar-refractivity contribution in [1.82, 2.24) is 14.3 Å². The standard InChI is InChI=1S/C11H14F2N4.ClH/c1-8-10(7-17(15-8)11(12)13)14-6-9-4-3-5-16(9)2;/h3-5,7,11,14H,6H2,1-2H3;1H. The van der Waals surface area contributed by atoms with Crippen LogP contribution in [0.5, 0.6) is 0 Å². The zero-order valence-electron chi connectivity index (χ0n) is 10.1. The Labute approximate surface area is 110 Å². The Balaban J connectivity index is 0.00000162. The molecule has 0 bridgehead atoms. The van der Waals surface area contributed by atoms with Crippen molar-refractivity contribution in [2.24, 2.45) is 7.05 Å². The normalized spacial score (nSPS) is 10.5. The Morgan fingerprint density at radius 3 is 2.67 bits per heavy atom. The van der Waals surface area contributed by atoms with E-state index in [1.54, 1.807) is 6.92 Å². The fraction of sp³-hybridized carbons (Fsp3) is 0.364. The summed E-state index contributed by atoms with van der Waals surface area (Å²) in [6.07, 6.45) is 3.26. The largest absolute Gasteiger partial charge is 0.377 e. The second-order valence-corrected chi connectivity index (χ2v) is 3.85. The molecule has 2 heterocycles. The van der Waals surface area contributed by atoms with Gasteiger partial charge in [0.15, 0.2) is 0 Å². The van der Waals surface area contributed by atoms with Crippen LogP contribution in [-0.4, -0.2) is 14.3 Å². The number of aromatic nitrogens is 3. The lowest BCUT2D eigenvalue weighted by Crippen LogP contribution is -2.04. The van der Waals surface area contributed by atoms with E-state index in [1.807, 2.05) is 29.9 Å². The average Bonchev–Trinajstić information content (AvgIpc) is 2.82. The van der Waals surface area contributed by atoms with Crippen LogP contribution in [0.15, 0.2) is 24.5 Å². The summed E-state index contributed by atoms with van der Waals surface area (Å²) in [5.41, 5.74) is 2.28. The van der Waals surface area contributed by atoms with E-state index in [-0.39, 0.29) is 12.4 Å². The smallest absolute Gasteiger partial charge is 0.333 e. The first-order valence-electron chi connectivity index (χ1n) is 5.26. The highest BCUT2D eigenvalue weighted by Crippen LogP contribution is 2.18. The number of hydrogen-bond acceptors (Lipinski definition) is 2. The average molecular weight is 277 g/mol. The monoisotopic (exact) mass is 276 g/mol. The van der Waals surface area contributed by atoms with Crippen molar-refractivity contribution in [3.63, 3.8) is 0 Å². The highest BCUT2D eigenvalue weighted by Gasteiger charge is 2.11. The predicted octanol–water partition coefficient (Wildman–Crippen LogP) is 2.96. The van der Waals surface area contributed by atoms with E-state index in [4.69, 9.17) is 0 Å². The fourth-order valence-electron chi connectivity index (χ4n) is 1.62. The minimum Gasteiger partial charge on any atom is -0.377 e. The van der Waals surface area contributed by atoms with Crippen LogP contribution in [0.3, 0.4) is 0 Å². The minimum absolute atomic E-state index is 0. The highest BCUT2D eigenvalue weighted by atomic mass is 35.5. The van der Waals surface area contributed by atoms with Crippen LogP contribution in [0.4, 0.5) is 14.5 Å². The van der Waals surface area contributed by atoms with Gasteiger partial charge in [-0.2, -0.15) is 13.9 Å². The summed E-state index contributed by atoms with van der Waals surface area (Å²) >= 11 is 0. The molecule has 0 saturated carbocycles. The summed E-state index contributed by atoms with van der Waals surface area (Å²) < 4.78 is 27.4. The molecule has 0 saturated heterocycles. The van der Waals surface area contributed by atoms with Gasteiger partial charge in [0.05, 0.1) is 24.1 Å². The number of nitrogens with zero attached hydrogens (tertiary/aromatic N) is 3. The summed E-state index contributed by atoms with van der Waals surface area (Å²) in [6.45, 7) is -0.315. The molecule has 0 unspecified atom stereocenters. The third-order valence-electron chi connectivity index (χ3n) is 2.63. The molecule has 0 atom stereocenters. The molecule has 0 aromatic carbocycles. The number of aryl methyl sites for hydroxylation is 2. The molecule has 7 heteroatoms. The molecular formula is C11H15ClF2N4. The molecule has 0 aliphatic carbocycles. The van der Waals surface area contributed by atoms with Crippen molar-refractivity contribution in [2.75, 3.05) is 5.32 Å². The number of nitrogens with one attached hydrogen (secondary N) is 1. The first-order chi connectivity index (χ1) is 8.08. The molecule has 1 N–H and O–H groups in total. The van der Waals surface area contributed by atoms with Crippen molar-refractivity contribution < 1.29 is 8.78 Å². The molecule has 100 valence electrons. The molecular weight excluding hydrogens is 262 g/mol. The number of anilines is 1. The van der Waals surface area contributed by atoms with Gasteiger partial charge in [-0.3, -0.25) is 0 Å². The molecule has 2 rings (SSSR count). The van der Waals surface area contributed by atoms with Crippen molar-refractivity contribution in [2.45, 2.75) is 20.0 Å². The topological polar surface area (TPSA) is 34.8 Å². The Morgan fingerprint density at radius 2 is 2.17 bits per heavy atom. The van der Waals surface area contributed by atoms with Crippen LogP contribution in [0, 0.1) is 6.92 Å². The fourth-order valence-corrected chi connectivity index (χ4v) is 1.62. The maximum Gasteiger partial charge on any atom is 0.333 e. The van der Waals surface area contributed by atoms with E-state index < -0.39 is 6.55 Å². The van der Waals surface area contributed by atoms with E-state index in [9.17, 15) is 8.78 Å². The van der Waals surface area contributed by atoms with Gasteiger partial charge in [-0.05, 0) is 19.1 Å². The minimum atomic E-state index is -2.60. The van der Waals surface area contributed by atoms with Gasteiger partial charge in [-0.25, -0.2) is 4.68 Å². The van der Waals surface area contributed by atoms with Gasteiger partial charge < -0.3 is 9.88 Å². The molecule has 0 amide bonds. The lowest BCUT2D eigenvalue weighted by atomic mass is 10.3. The van der Waals surface area contributed by atoms with Crippen LogP contribution >= 0.6 is 12.4 Å².